The quantitative estimate of drug-likeness (QED) is 0.755. The molecule has 2 amide bonds. The Morgan fingerprint density at radius 2 is 1.77 bits per heavy atom. The molecule has 1 aromatic heterocycles. The van der Waals surface area contributed by atoms with Crippen molar-refractivity contribution in [3.05, 3.63) is 53.3 Å². The van der Waals surface area contributed by atoms with Gasteiger partial charge in [0.2, 0.25) is 0 Å². The molecule has 0 saturated heterocycles. The van der Waals surface area contributed by atoms with Gasteiger partial charge in [0.15, 0.2) is 0 Å². The second-order valence-corrected chi connectivity index (χ2v) is 4.74. The number of rotatable bonds is 6. The summed E-state index contributed by atoms with van der Waals surface area (Å²) in [6.45, 7) is 3.52. The van der Waals surface area contributed by atoms with E-state index in [1.807, 2.05) is 13.1 Å². The summed E-state index contributed by atoms with van der Waals surface area (Å²) in [5.41, 5.74) is 1.99. The van der Waals surface area contributed by atoms with Crippen molar-refractivity contribution in [1.29, 1.82) is 0 Å². The van der Waals surface area contributed by atoms with Crippen LogP contribution in [0, 0.1) is 0 Å². The molecule has 0 spiro atoms. The van der Waals surface area contributed by atoms with Crippen LogP contribution in [0.25, 0.3) is 0 Å². The van der Waals surface area contributed by atoms with Crippen LogP contribution >= 0.6 is 0 Å². The standard InChI is InChI=1S/C15H18N4O3/c1-2-19-10-12(9-18-19)8-17-15(22)16-7-11-3-5-13(6-4-11)14(20)21/h3-6,9-10H,2,7-8H2,1H3,(H,20,21)(H2,16,17,22). The number of aryl methyl sites for hydroxylation is 1. The summed E-state index contributed by atoms with van der Waals surface area (Å²) in [6.07, 6.45) is 3.60. The highest BCUT2D eigenvalue weighted by atomic mass is 16.4. The Morgan fingerprint density at radius 1 is 1.14 bits per heavy atom. The number of benzene rings is 1. The zero-order chi connectivity index (χ0) is 15.9. The van der Waals surface area contributed by atoms with Gasteiger partial charge in [0, 0.05) is 31.4 Å². The number of hydrogen-bond acceptors (Lipinski definition) is 3. The molecule has 0 bridgehead atoms. The zero-order valence-electron chi connectivity index (χ0n) is 12.2. The van der Waals surface area contributed by atoms with Crippen molar-refractivity contribution in [2.75, 3.05) is 0 Å². The number of urea groups is 1. The Kier molecular flexibility index (Phi) is 5.13. The molecule has 0 radical (unpaired) electrons. The molecule has 0 atom stereocenters. The first kappa shape index (κ1) is 15.6. The molecule has 1 heterocycles. The number of aromatic carboxylic acids is 1. The fraction of sp³-hybridized carbons (Fsp3) is 0.267. The van der Waals surface area contributed by atoms with Gasteiger partial charge in [0.25, 0.3) is 0 Å². The summed E-state index contributed by atoms with van der Waals surface area (Å²) < 4.78 is 1.79. The fourth-order valence-corrected chi connectivity index (χ4v) is 1.86. The van der Waals surface area contributed by atoms with E-state index in [1.165, 1.54) is 12.1 Å². The third-order valence-electron chi connectivity index (χ3n) is 3.12. The van der Waals surface area contributed by atoms with E-state index in [2.05, 4.69) is 15.7 Å². The van der Waals surface area contributed by atoms with E-state index in [1.54, 1.807) is 23.0 Å². The summed E-state index contributed by atoms with van der Waals surface area (Å²) in [4.78, 5) is 22.4. The van der Waals surface area contributed by atoms with Crippen LogP contribution in [0.5, 0.6) is 0 Å². The number of carbonyl (C=O) groups is 2. The van der Waals surface area contributed by atoms with Crippen LogP contribution in [-0.4, -0.2) is 26.9 Å². The van der Waals surface area contributed by atoms with E-state index in [0.29, 0.717) is 13.1 Å². The molecule has 0 unspecified atom stereocenters. The van der Waals surface area contributed by atoms with Gasteiger partial charge in [-0.3, -0.25) is 4.68 Å². The normalized spacial score (nSPS) is 10.2. The molecule has 2 rings (SSSR count). The lowest BCUT2D eigenvalue weighted by Crippen LogP contribution is -2.34. The molecule has 116 valence electrons. The van der Waals surface area contributed by atoms with Gasteiger partial charge in [0.1, 0.15) is 0 Å². The van der Waals surface area contributed by atoms with E-state index in [9.17, 15) is 9.59 Å². The maximum atomic E-state index is 11.7. The summed E-state index contributed by atoms with van der Waals surface area (Å²) in [7, 11) is 0. The van der Waals surface area contributed by atoms with Crippen molar-refractivity contribution >= 4 is 12.0 Å². The minimum absolute atomic E-state index is 0.223. The first-order chi connectivity index (χ1) is 10.6. The lowest BCUT2D eigenvalue weighted by atomic mass is 10.1. The molecule has 2 aromatic rings. The van der Waals surface area contributed by atoms with Gasteiger partial charge < -0.3 is 15.7 Å². The monoisotopic (exact) mass is 302 g/mol. The van der Waals surface area contributed by atoms with Crippen molar-refractivity contribution in [3.8, 4) is 0 Å². The molecular weight excluding hydrogens is 284 g/mol. The molecule has 0 fully saturated rings. The maximum Gasteiger partial charge on any atom is 0.335 e. The highest BCUT2D eigenvalue weighted by Gasteiger charge is 2.04. The zero-order valence-corrected chi connectivity index (χ0v) is 12.2. The van der Waals surface area contributed by atoms with Crippen LogP contribution in [0.3, 0.4) is 0 Å². The highest BCUT2D eigenvalue weighted by molar-refractivity contribution is 5.87. The van der Waals surface area contributed by atoms with Crippen LogP contribution < -0.4 is 10.6 Å². The van der Waals surface area contributed by atoms with Crippen LogP contribution in [0.4, 0.5) is 4.79 Å². The first-order valence-electron chi connectivity index (χ1n) is 6.93. The number of aromatic nitrogens is 2. The minimum atomic E-state index is -0.968. The van der Waals surface area contributed by atoms with E-state index >= 15 is 0 Å². The smallest absolute Gasteiger partial charge is 0.335 e. The number of carboxylic acid groups (broad SMARTS) is 1. The molecular formula is C15H18N4O3. The second kappa shape index (κ2) is 7.26. The molecule has 3 N–H and O–H groups in total. The fourth-order valence-electron chi connectivity index (χ4n) is 1.86. The van der Waals surface area contributed by atoms with E-state index < -0.39 is 5.97 Å². The Balaban J connectivity index is 1.76. The Labute approximate surface area is 128 Å². The van der Waals surface area contributed by atoms with Crippen LogP contribution in [0.15, 0.2) is 36.7 Å². The average Bonchev–Trinajstić information content (AvgIpc) is 2.99. The van der Waals surface area contributed by atoms with Gasteiger partial charge in [-0.25, -0.2) is 9.59 Å². The molecule has 22 heavy (non-hydrogen) atoms. The van der Waals surface area contributed by atoms with Gasteiger partial charge in [-0.05, 0) is 24.6 Å². The van der Waals surface area contributed by atoms with Crippen molar-refractivity contribution in [3.63, 3.8) is 0 Å². The Morgan fingerprint density at radius 3 is 2.32 bits per heavy atom. The largest absolute Gasteiger partial charge is 0.478 e. The van der Waals surface area contributed by atoms with Crippen LogP contribution in [-0.2, 0) is 19.6 Å². The van der Waals surface area contributed by atoms with E-state index in [-0.39, 0.29) is 11.6 Å². The van der Waals surface area contributed by atoms with Crippen LogP contribution in [0.1, 0.15) is 28.4 Å². The molecule has 0 aliphatic rings. The minimum Gasteiger partial charge on any atom is -0.478 e. The number of carboxylic acids is 1. The summed E-state index contributed by atoms with van der Waals surface area (Å²) in [5.74, 6) is -0.968. The van der Waals surface area contributed by atoms with Crippen molar-refractivity contribution in [1.82, 2.24) is 20.4 Å². The second-order valence-electron chi connectivity index (χ2n) is 4.74. The number of amides is 2. The molecule has 7 heteroatoms. The van der Waals surface area contributed by atoms with Crippen molar-refractivity contribution in [2.24, 2.45) is 0 Å². The molecule has 7 nitrogen and oxygen atoms in total. The topological polar surface area (TPSA) is 96.2 Å². The molecule has 0 aliphatic carbocycles. The molecule has 0 saturated carbocycles. The SMILES string of the molecule is CCn1cc(CNC(=O)NCc2ccc(C(=O)O)cc2)cn1. The predicted molar refractivity (Wildman–Crippen MR) is 80.4 cm³/mol. The number of nitrogens with zero attached hydrogens (tertiary/aromatic N) is 2. The Bertz CT molecular complexity index is 649. The van der Waals surface area contributed by atoms with E-state index in [4.69, 9.17) is 5.11 Å². The van der Waals surface area contributed by atoms with Gasteiger partial charge in [-0.15, -0.1) is 0 Å². The summed E-state index contributed by atoms with van der Waals surface area (Å²) in [6, 6.07) is 6.09. The molecule has 0 aliphatic heterocycles. The number of nitrogens with one attached hydrogen (secondary N) is 2. The maximum absolute atomic E-state index is 11.7. The Hall–Kier alpha value is -2.83. The predicted octanol–water partition coefficient (Wildman–Crippen LogP) is 1.60. The number of hydrogen-bond donors (Lipinski definition) is 3. The summed E-state index contributed by atoms with van der Waals surface area (Å²) in [5, 5.41) is 18.4. The summed E-state index contributed by atoms with van der Waals surface area (Å²) >= 11 is 0. The lowest BCUT2D eigenvalue weighted by Gasteiger charge is -2.07. The van der Waals surface area contributed by atoms with Crippen LogP contribution in [0.2, 0.25) is 0 Å². The van der Waals surface area contributed by atoms with Crippen molar-refractivity contribution in [2.45, 2.75) is 26.6 Å². The first-order valence-corrected chi connectivity index (χ1v) is 6.93. The molecule has 1 aromatic carbocycles. The number of carbonyl (C=O) groups excluding carboxylic acids is 1. The van der Waals surface area contributed by atoms with Gasteiger partial charge in [-0.1, -0.05) is 12.1 Å². The third kappa shape index (κ3) is 4.34. The van der Waals surface area contributed by atoms with Gasteiger partial charge in [0.05, 0.1) is 11.8 Å². The lowest BCUT2D eigenvalue weighted by molar-refractivity contribution is 0.0697. The van der Waals surface area contributed by atoms with Gasteiger partial charge in [-0.2, -0.15) is 5.10 Å². The highest BCUT2D eigenvalue weighted by Crippen LogP contribution is 2.04. The van der Waals surface area contributed by atoms with E-state index in [0.717, 1.165) is 17.7 Å². The third-order valence-corrected chi connectivity index (χ3v) is 3.12. The van der Waals surface area contributed by atoms with Crippen molar-refractivity contribution < 1.29 is 14.7 Å². The average molecular weight is 302 g/mol. The van der Waals surface area contributed by atoms with Gasteiger partial charge >= 0.3 is 12.0 Å².